The average molecular weight is 486 g/mol. The predicted molar refractivity (Wildman–Crippen MR) is 148 cm³/mol. The zero-order chi connectivity index (χ0) is 24.0. The van der Waals surface area contributed by atoms with Crippen LogP contribution in [0.25, 0.3) is 0 Å². The molecule has 0 unspecified atom stereocenters. The normalized spacial score (nSPS) is 18.5. The Morgan fingerprint density at radius 2 is 1.66 bits per heavy atom. The lowest BCUT2D eigenvalue weighted by molar-refractivity contribution is 0.206. The van der Waals surface area contributed by atoms with Crippen LogP contribution in [0.2, 0.25) is 0 Å². The van der Waals surface area contributed by atoms with Crippen LogP contribution in [-0.4, -0.2) is 45.2 Å². The van der Waals surface area contributed by atoms with Gasteiger partial charge in [0.15, 0.2) is 5.17 Å². The molecule has 2 aliphatic rings. The molecule has 0 bridgehead atoms. The summed E-state index contributed by atoms with van der Waals surface area (Å²) in [6, 6.07) is 24.1. The fourth-order valence-electron chi connectivity index (χ4n) is 5.06. The quantitative estimate of drug-likeness (QED) is 0.487. The Hall–Kier alpha value is -2.83. The number of piperidine rings is 1. The molecule has 3 aromatic rings. The Bertz CT molecular complexity index is 1170. The number of nitrogens with one attached hydrogen (secondary N) is 1. The third-order valence-corrected chi connectivity index (χ3v) is 7.98. The number of hydrazone groups is 1. The van der Waals surface area contributed by atoms with Crippen molar-refractivity contribution in [3.8, 4) is 0 Å². The number of aromatic nitrogens is 1. The zero-order valence-electron chi connectivity index (χ0n) is 20.8. The maximum absolute atomic E-state index is 5.00. The van der Waals surface area contributed by atoms with Crippen molar-refractivity contribution in [1.82, 2.24) is 14.9 Å². The highest BCUT2D eigenvalue weighted by atomic mass is 32.2. The summed E-state index contributed by atoms with van der Waals surface area (Å²) in [6.45, 7) is 8.64. The third-order valence-electron chi connectivity index (χ3n) is 7.09. The fraction of sp³-hybridized carbons (Fsp3) is 0.379. The molecular weight excluding hydrogens is 450 g/mol. The summed E-state index contributed by atoms with van der Waals surface area (Å²) in [5.41, 5.74) is 11.0. The number of nitrogens with zero attached hydrogens (tertiary/aromatic N) is 4. The van der Waals surface area contributed by atoms with Crippen molar-refractivity contribution in [2.45, 2.75) is 52.2 Å². The lowest BCUT2D eigenvalue weighted by Gasteiger charge is -2.30. The summed E-state index contributed by atoms with van der Waals surface area (Å²) >= 11 is 1.78. The number of thioether (sulfide) groups is 1. The summed E-state index contributed by atoms with van der Waals surface area (Å²) < 4.78 is 2.42. The number of likely N-dealkylation sites (tertiary alicyclic amines) is 1. The molecule has 2 aromatic carbocycles. The maximum atomic E-state index is 5.00. The van der Waals surface area contributed by atoms with Gasteiger partial charge in [-0.2, -0.15) is 5.10 Å². The Kier molecular flexibility index (Phi) is 7.69. The minimum absolute atomic E-state index is 0.386. The van der Waals surface area contributed by atoms with Gasteiger partial charge in [-0.25, -0.2) is 0 Å². The molecule has 0 atom stereocenters. The van der Waals surface area contributed by atoms with Gasteiger partial charge >= 0.3 is 0 Å². The van der Waals surface area contributed by atoms with Crippen molar-refractivity contribution < 1.29 is 0 Å². The second-order valence-electron chi connectivity index (χ2n) is 9.56. The molecule has 1 N–H and O–H groups in total. The highest BCUT2D eigenvalue weighted by molar-refractivity contribution is 8.14. The molecule has 2 aliphatic heterocycles. The highest BCUT2D eigenvalue weighted by Crippen LogP contribution is 2.23. The monoisotopic (exact) mass is 485 g/mol. The number of benzene rings is 2. The largest absolute Gasteiger partial charge is 0.348 e. The number of hydrogen-bond donors (Lipinski definition) is 1. The van der Waals surface area contributed by atoms with E-state index < -0.39 is 0 Å². The van der Waals surface area contributed by atoms with Crippen LogP contribution in [0.3, 0.4) is 0 Å². The first-order chi connectivity index (χ1) is 17.2. The SMILES string of the molecule is Cc1cc(C2=NNC(=NC3CCN(Cc4ccccc4)CC3)SC2)c(C)n1CCc1ccccc1. The summed E-state index contributed by atoms with van der Waals surface area (Å²) in [6.07, 6.45) is 3.26. The van der Waals surface area contributed by atoms with Gasteiger partial charge < -0.3 is 4.57 Å². The lowest BCUT2D eigenvalue weighted by atomic mass is 10.0. The molecule has 35 heavy (non-hydrogen) atoms. The summed E-state index contributed by atoms with van der Waals surface area (Å²) in [5.74, 6) is 0.863. The molecule has 3 heterocycles. The van der Waals surface area contributed by atoms with Gasteiger partial charge in [0, 0.05) is 48.9 Å². The first-order valence-electron chi connectivity index (χ1n) is 12.7. The number of amidine groups is 1. The minimum Gasteiger partial charge on any atom is -0.348 e. The maximum Gasteiger partial charge on any atom is 0.177 e. The second-order valence-corrected chi connectivity index (χ2v) is 10.5. The van der Waals surface area contributed by atoms with E-state index in [2.05, 4.69) is 95.5 Å². The standard InChI is InChI=1S/C29H35N5S/c1-22-19-27(23(2)34(22)18-13-24-9-5-3-6-10-24)28-21-35-29(32-31-28)30-26-14-16-33(17-15-26)20-25-11-7-4-8-12-25/h3-12,19,26H,13-18,20-21H2,1-2H3,(H,30,32). The highest BCUT2D eigenvalue weighted by Gasteiger charge is 2.22. The van der Waals surface area contributed by atoms with Gasteiger partial charge in [-0.3, -0.25) is 15.3 Å². The fourth-order valence-corrected chi connectivity index (χ4v) is 5.88. The van der Waals surface area contributed by atoms with Crippen molar-refractivity contribution in [3.63, 3.8) is 0 Å². The molecule has 182 valence electrons. The topological polar surface area (TPSA) is 44.9 Å². The summed E-state index contributed by atoms with van der Waals surface area (Å²) in [7, 11) is 0. The molecule has 0 amide bonds. The summed E-state index contributed by atoms with van der Waals surface area (Å²) in [5, 5.41) is 5.71. The van der Waals surface area contributed by atoms with Gasteiger partial charge in [0.2, 0.25) is 0 Å². The van der Waals surface area contributed by atoms with Crippen LogP contribution < -0.4 is 5.43 Å². The molecule has 1 aromatic heterocycles. The lowest BCUT2D eigenvalue weighted by Crippen LogP contribution is -2.36. The molecular formula is C29H35N5S. The molecule has 0 aliphatic carbocycles. The number of aliphatic imine (C=N–C) groups is 1. The van der Waals surface area contributed by atoms with Crippen LogP contribution in [0, 0.1) is 13.8 Å². The number of hydrogen-bond acceptors (Lipinski definition) is 4. The van der Waals surface area contributed by atoms with Crippen molar-refractivity contribution in [2.75, 3.05) is 18.8 Å². The van der Waals surface area contributed by atoms with Crippen molar-refractivity contribution >= 4 is 22.6 Å². The van der Waals surface area contributed by atoms with E-state index in [1.807, 2.05) is 0 Å². The summed E-state index contributed by atoms with van der Waals surface area (Å²) in [4.78, 5) is 7.54. The first-order valence-corrected chi connectivity index (χ1v) is 13.6. The zero-order valence-corrected chi connectivity index (χ0v) is 21.6. The smallest absolute Gasteiger partial charge is 0.177 e. The van der Waals surface area contributed by atoms with E-state index in [-0.39, 0.29) is 0 Å². The molecule has 6 heteroatoms. The van der Waals surface area contributed by atoms with Gasteiger partial charge in [-0.05, 0) is 50.3 Å². The second kappa shape index (κ2) is 11.3. The van der Waals surface area contributed by atoms with Gasteiger partial charge in [0.25, 0.3) is 0 Å². The van der Waals surface area contributed by atoms with Gasteiger partial charge in [0.1, 0.15) is 0 Å². The van der Waals surface area contributed by atoms with E-state index in [0.717, 1.165) is 62.1 Å². The van der Waals surface area contributed by atoms with Crippen LogP contribution >= 0.6 is 11.8 Å². The van der Waals surface area contributed by atoms with Crippen LogP contribution in [-0.2, 0) is 19.5 Å². The Morgan fingerprint density at radius 1 is 0.971 bits per heavy atom. The molecule has 1 fully saturated rings. The van der Waals surface area contributed by atoms with E-state index in [0.29, 0.717) is 6.04 Å². The molecule has 0 saturated carbocycles. The van der Waals surface area contributed by atoms with Crippen LogP contribution in [0.15, 0.2) is 76.8 Å². The molecule has 1 saturated heterocycles. The van der Waals surface area contributed by atoms with Crippen molar-refractivity contribution in [1.29, 1.82) is 0 Å². The Morgan fingerprint density at radius 3 is 2.31 bits per heavy atom. The first kappa shape index (κ1) is 23.9. The average Bonchev–Trinajstić information content (AvgIpc) is 3.18. The van der Waals surface area contributed by atoms with Gasteiger partial charge in [-0.15, -0.1) is 0 Å². The van der Waals surface area contributed by atoms with Crippen LogP contribution in [0.4, 0.5) is 0 Å². The Labute approximate surface area is 213 Å². The Balaban J connectivity index is 1.16. The number of rotatable bonds is 7. The minimum atomic E-state index is 0.386. The predicted octanol–water partition coefficient (Wildman–Crippen LogP) is 5.41. The molecule has 0 radical (unpaired) electrons. The van der Waals surface area contributed by atoms with Crippen molar-refractivity contribution in [3.05, 3.63) is 94.8 Å². The van der Waals surface area contributed by atoms with E-state index in [9.17, 15) is 0 Å². The van der Waals surface area contributed by atoms with E-state index in [1.165, 1.54) is 28.1 Å². The van der Waals surface area contributed by atoms with E-state index in [4.69, 9.17) is 10.1 Å². The van der Waals surface area contributed by atoms with Crippen molar-refractivity contribution in [2.24, 2.45) is 10.1 Å². The molecule has 0 spiro atoms. The van der Waals surface area contributed by atoms with E-state index in [1.54, 1.807) is 11.8 Å². The van der Waals surface area contributed by atoms with Gasteiger partial charge in [-0.1, -0.05) is 72.4 Å². The molecule has 5 rings (SSSR count). The third kappa shape index (κ3) is 6.06. The van der Waals surface area contributed by atoms with Gasteiger partial charge in [0.05, 0.1) is 11.8 Å². The van der Waals surface area contributed by atoms with Crippen LogP contribution in [0.1, 0.15) is 40.9 Å². The van der Waals surface area contributed by atoms with E-state index >= 15 is 0 Å². The van der Waals surface area contributed by atoms with Crippen LogP contribution in [0.5, 0.6) is 0 Å². The number of aryl methyl sites for hydroxylation is 2. The molecule has 5 nitrogen and oxygen atoms in total.